The Labute approximate surface area is 119 Å². The van der Waals surface area contributed by atoms with Gasteiger partial charge in [-0.3, -0.25) is 9.59 Å². The molecule has 0 aliphatic carbocycles. The molecule has 0 bridgehead atoms. The number of nitrogens with two attached hydrogens (primary N) is 1. The zero-order chi connectivity index (χ0) is 14.6. The summed E-state index contributed by atoms with van der Waals surface area (Å²) >= 11 is 0. The molecule has 1 aliphatic heterocycles. The third-order valence-electron chi connectivity index (χ3n) is 3.64. The van der Waals surface area contributed by atoms with Crippen LogP contribution in [-0.2, 0) is 0 Å². The monoisotopic (exact) mass is 278 g/mol. The van der Waals surface area contributed by atoms with Crippen LogP contribution >= 0.6 is 0 Å². The molecule has 2 aromatic carbocycles. The topological polar surface area (TPSA) is 92.1 Å². The number of H-pyrrole nitrogens is 1. The maximum Gasteiger partial charge on any atom is 0.268 e. The van der Waals surface area contributed by atoms with Crippen LogP contribution in [0.4, 0.5) is 11.6 Å². The number of carbonyl (C=O) groups excluding carboxylic acids is 2. The predicted octanol–water partition coefficient (Wildman–Crippen LogP) is 1.95. The van der Waals surface area contributed by atoms with E-state index in [1.165, 1.54) is 6.20 Å². The van der Waals surface area contributed by atoms with Crippen LogP contribution in [0.25, 0.3) is 10.8 Å². The summed E-state index contributed by atoms with van der Waals surface area (Å²) < 4.78 is 0. The number of imide groups is 1. The molecule has 3 aromatic rings. The zero-order valence-electron chi connectivity index (χ0n) is 10.8. The SMILES string of the molecule is Nc1ccc2c3c(cccc13)C(=O)N(c1ncc[nH]1)C2=O. The Hall–Kier alpha value is -3.15. The van der Waals surface area contributed by atoms with Crippen molar-refractivity contribution < 1.29 is 9.59 Å². The second-order valence-corrected chi connectivity index (χ2v) is 4.79. The number of aromatic nitrogens is 2. The van der Waals surface area contributed by atoms with Crippen LogP contribution in [0.3, 0.4) is 0 Å². The summed E-state index contributed by atoms with van der Waals surface area (Å²) in [7, 11) is 0. The number of rotatable bonds is 1. The summed E-state index contributed by atoms with van der Waals surface area (Å²) in [5.74, 6) is -0.596. The van der Waals surface area contributed by atoms with E-state index >= 15 is 0 Å². The van der Waals surface area contributed by atoms with Gasteiger partial charge in [-0.1, -0.05) is 12.1 Å². The fraction of sp³-hybridized carbons (Fsp3) is 0. The van der Waals surface area contributed by atoms with Crippen molar-refractivity contribution in [3.8, 4) is 0 Å². The van der Waals surface area contributed by atoms with E-state index in [1.54, 1.807) is 36.5 Å². The first-order valence-corrected chi connectivity index (χ1v) is 6.38. The summed E-state index contributed by atoms with van der Waals surface area (Å²) in [5, 5.41) is 1.32. The van der Waals surface area contributed by atoms with Crippen LogP contribution in [-0.4, -0.2) is 21.8 Å². The second-order valence-electron chi connectivity index (χ2n) is 4.79. The van der Waals surface area contributed by atoms with E-state index in [4.69, 9.17) is 5.73 Å². The average molecular weight is 278 g/mol. The molecule has 6 nitrogen and oxygen atoms in total. The van der Waals surface area contributed by atoms with E-state index in [-0.39, 0.29) is 5.95 Å². The lowest BCUT2D eigenvalue weighted by Crippen LogP contribution is -2.41. The van der Waals surface area contributed by atoms with Crippen molar-refractivity contribution in [2.75, 3.05) is 10.6 Å². The number of hydrogen-bond donors (Lipinski definition) is 2. The summed E-state index contributed by atoms with van der Waals surface area (Å²) in [5.41, 5.74) is 7.38. The maximum atomic E-state index is 12.6. The normalized spacial score (nSPS) is 14.0. The molecule has 1 aliphatic rings. The van der Waals surface area contributed by atoms with E-state index in [1.807, 2.05) is 0 Å². The van der Waals surface area contributed by atoms with Crippen molar-refractivity contribution in [3.05, 3.63) is 53.9 Å². The highest BCUT2D eigenvalue weighted by Crippen LogP contribution is 2.34. The highest BCUT2D eigenvalue weighted by molar-refractivity contribution is 6.35. The van der Waals surface area contributed by atoms with Gasteiger partial charge in [0.25, 0.3) is 11.8 Å². The Morgan fingerprint density at radius 1 is 1.05 bits per heavy atom. The van der Waals surface area contributed by atoms with Gasteiger partial charge in [-0.15, -0.1) is 0 Å². The van der Waals surface area contributed by atoms with Crippen molar-refractivity contribution in [1.82, 2.24) is 9.97 Å². The molecular formula is C15H10N4O2. The van der Waals surface area contributed by atoms with Gasteiger partial charge in [-0.05, 0) is 18.2 Å². The smallest absolute Gasteiger partial charge is 0.268 e. The average Bonchev–Trinajstić information content (AvgIpc) is 3.00. The zero-order valence-corrected chi connectivity index (χ0v) is 10.8. The number of hydrogen-bond acceptors (Lipinski definition) is 4. The summed E-state index contributed by atoms with van der Waals surface area (Å²) in [6.45, 7) is 0. The minimum absolute atomic E-state index is 0.212. The van der Waals surface area contributed by atoms with Crippen molar-refractivity contribution in [2.24, 2.45) is 0 Å². The number of carbonyl (C=O) groups is 2. The minimum Gasteiger partial charge on any atom is -0.398 e. The van der Waals surface area contributed by atoms with E-state index in [0.717, 1.165) is 4.90 Å². The first-order chi connectivity index (χ1) is 10.2. The Balaban J connectivity index is 2.07. The van der Waals surface area contributed by atoms with Crippen LogP contribution < -0.4 is 10.6 Å². The fourth-order valence-corrected chi connectivity index (χ4v) is 2.69. The van der Waals surface area contributed by atoms with Crippen LogP contribution in [0.5, 0.6) is 0 Å². The second kappa shape index (κ2) is 3.92. The number of amides is 2. The van der Waals surface area contributed by atoms with E-state index < -0.39 is 11.8 Å². The predicted molar refractivity (Wildman–Crippen MR) is 78.1 cm³/mol. The number of nitrogens with one attached hydrogen (secondary N) is 1. The van der Waals surface area contributed by atoms with Gasteiger partial charge in [0.15, 0.2) is 0 Å². The molecule has 0 saturated heterocycles. The number of anilines is 2. The van der Waals surface area contributed by atoms with Gasteiger partial charge in [0.05, 0.1) is 0 Å². The molecule has 1 aromatic heterocycles. The number of nitrogens with zero attached hydrogens (tertiary/aromatic N) is 2. The number of nitrogen functional groups attached to an aromatic ring is 1. The van der Waals surface area contributed by atoms with Crippen molar-refractivity contribution in [1.29, 1.82) is 0 Å². The molecule has 0 radical (unpaired) electrons. The lowest BCUT2D eigenvalue weighted by molar-refractivity contribution is 0.0891. The molecule has 21 heavy (non-hydrogen) atoms. The quantitative estimate of drug-likeness (QED) is 0.525. The first kappa shape index (κ1) is 11.7. The van der Waals surface area contributed by atoms with Crippen molar-refractivity contribution in [3.63, 3.8) is 0 Å². The Kier molecular flexibility index (Phi) is 2.18. The van der Waals surface area contributed by atoms with Gasteiger partial charge in [0.2, 0.25) is 5.95 Å². The van der Waals surface area contributed by atoms with Gasteiger partial charge >= 0.3 is 0 Å². The van der Waals surface area contributed by atoms with E-state index in [2.05, 4.69) is 9.97 Å². The Morgan fingerprint density at radius 3 is 2.52 bits per heavy atom. The molecule has 2 heterocycles. The summed E-state index contributed by atoms with van der Waals surface area (Å²) in [6, 6.07) is 8.57. The van der Waals surface area contributed by atoms with Crippen LogP contribution in [0.1, 0.15) is 20.7 Å². The lowest BCUT2D eigenvalue weighted by Gasteiger charge is -2.25. The number of benzene rings is 2. The Bertz CT molecular complexity index is 877. The number of aromatic amines is 1. The first-order valence-electron chi connectivity index (χ1n) is 6.38. The number of imidazole rings is 1. The summed E-state index contributed by atoms with van der Waals surface area (Å²) in [4.78, 5) is 33.1. The lowest BCUT2D eigenvalue weighted by atomic mass is 9.93. The van der Waals surface area contributed by atoms with Crippen molar-refractivity contribution in [2.45, 2.75) is 0 Å². The third-order valence-corrected chi connectivity index (χ3v) is 3.64. The van der Waals surface area contributed by atoms with Gasteiger partial charge in [0.1, 0.15) is 0 Å². The van der Waals surface area contributed by atoms with Gasteiger partial charge in [0, 0.05) is 40.0 Å². The summed E-state index contributed by atoms with van der Waals surface area (Å²) in [6.07, 6.45) is 3.06. The van der Waals surface area contributed by atoms with E-state index in [9.17, 15) is 9.59 Å². The molecule has 0 saturated carbocycles. The third kappa shape index (κ3) is 1.44. The van der Waals surface area contributed by atoms with Crippen LogP contribution in [0, 0.1) is 0 Å². The highest BCUT2D eigenvalue weighted by Gasteiger charge is 2.35. The largest absolute Gasteiger partial charge is 0.398 e. The molecule has 0 fully saturated rings. The molecule has 4 rings (SSSR count). The van der Waals surface area contributed by atoms with Gasteiger partial charge in [-0.25, -0.2) is 9.88 Å². The van der Waals surface area contributed by atoms with Crippen LogP contribution in [0.15, 0.2) is 42.7 Å². The highest BCUT2D eigenvalue weighted by atomic mass is 16.2. The minimum atomic E-state index is -0.404. The molecule has 3 N–H and O–H groups in total. The molecule has 0 unspecified atom stereocenters. The van der Waals surface area contributed by atoms with E-state index in [0.29, 0.717) is 27.6 Å². The van der Waals surface area contributed by atoms with Gasteiger partial charge < -0.3 is 10.7 Å². The standard InChI is InChI=1S/C15H10N4O2/c16-11-5-4-10-12-8(11)2-1-3-9(12)13(20)19(14(10)21)15-17-6-7-18-15/h1-7H,16H2,(H,17,18). The van der Waals surface area contributed by atoms with Crippen molar-refractivity contribution >= 4 is 34.2 Å². The molecule has 2 amide bonds. The molecule has 0 spiro atoms. The van der Waals surface area contributed by atoms with Crippen LogP contribution in [0.2, 0.25) is 0 Å². The molecule has 6 heteroatoms. The van der Waals surface area contributed by atoms with Gasteiger partial charge in [-0.2, -0.15) is 0 Å². The Morgan fingerprint density at radius 2 is 1.81 bits per heavy atom. The fourth-order valence-electron chi connectivity index (χ4n) is 2.69. The molecular weight excluding hydrogens is 268 g/mol. The molecule has 102 valence electrons. The molecule has 0 atom stereocenters. The maximum absolute atomic E-state index is 12.6.